The van der Waals surface area contributed by atoms with Crippen molar-refractivity contribution >= 4 is 0 Å². The van der Waals surface area contributed by atoms with Crippen molar-refractivity contribution in [2.75, 3.05) is 6.61 Å². The number of rotatable bonds is 4. The van der Waals surface area contributed by atoms with Gasteiger partial charge in [-0.25, -0.2) is 0 Å². The second-order valence-electron chi connectivity index (χ2n) is 5.90. The molecule has 0 aliphatic carbocycles. The average molecular weight is 292 g/mol. The first-order valence-corrected chi connectivity index (χ1v) is 6.80. The quantitative estimate of drug-likeness (QED) is 0.899. The second kappa shape index (κ2) is 5.73. The number of nitrogens with zero attached hydrogens (tertiary/aromatic N) is 2. The fourth-order valence-corrected chi connectivity index (χ4v) is 2.06. The van der Waals surface area contributed by atoms with Crippen LogP contribution in [0.3, 0.4) is 0 Å². The van der Waals surface area contributed by atoms with E-state index in [2.05, 4.69) is 10.1 Å². The maximum Gasteiger partial charge on any atom is 0.258 e. The van der Waals surface area contributed by atoms with Crippen molar-refractivity contribution in [3.05, 3.63) is 24.0 Å². The molecule has 0 aliphatic rings. The van der Waals surface area contributed by atoms with Crippen LogP contribution in [0.4, 0.5) is 0 Å². The lowest BCUT2D eigenvalue weighted by atomic mass is 9.88. The number of phenolic OH excluding ortho intramolecular Hbond substituents is 2. The highest BCUT2D eigenvalue weighted by atomic mass is 16.5. The molecule has 0 spiro atoms. The van der Waals surface area contributed by atoms with Crippen LogP contribution in [0, 0.1) is 5.41 Å². The molecule has 1 aromatic carbocycles. The van der Waals surface area contributed by atoms with Crippen LogP contribution in [0.25, 0.3) is 11.5 Å². The number of hydrogen-bond acceptors (Lipinski definition) is 6. The molecule has 1 aromatic heterocycles. The highest BCUT2D eigenvalue weighted by Gasteiger charge is 2.31. The summed E-state index contributed by atoms with van der Waals surface area (Å²) < 4.78 is 10.9. The van der Waals surface area contributed by atoms with Crippen molar-refractivity contribution < 1.29 is 19.5 Å². The van der Waals surface area contributed by atoms with Crippen molar-refractivity contribution in [1.82, 2.24) is 10.1 Å². The summed E-state index contributed by atoms with van der Waals surface area (Å²) in [5.41, 5.74) is 0.272. The Kier molecular flexibility index (Phi) is 4.18. The number of benzene rings is 1. The topological polar surface area (TPSA) is 88.6 Å². The van der Waals surface area contributed by atoms with Crippen LogP contribution >= 0.6 is 0 Å². The minimum Gasteiger partial charge on any atom is -0.508 e. The number of ether oxygens (including phenoxy) is 1. The lowest BCUT2D eigenvalue weighted by Gasteiger charge is -2.27. The van der Waals surface area contributed by atoms with Gasteiger partial charge in [-0.1, -0.05) is 25.9 Å². The number of aromatic nitrogens is 2. The summed E-state index contributed by atoms with van der Waals surface area (Å²) in [5.74, 6) is 0.538. The molecule has 0 aliphatic heterocycles. The third-order valence-corrected chi connectivity index (χ3v) is 2.95. The Morgan fingerprint density at radius 3 is 2.33 bits per heavy atom. The van der Waals surface area contributed by atoms with Gasteiger partial charge in [0.25, 0.3) is 5.89 Å². The number of phenols is 2. The largest absolute Gasteiger partial charge is 0.508 e. The summed E-state index contributed by atoms with van der Waals surface area (Å²) in [7, 11) is 0. The fourth-order valence-electron chi connectivity index (χ4n) is 2.06. The van der Waals surface area contributed by atoms with Gasteiger partial charge in [-0.15, -0.1) is 0 Å². The van der Waals surface area contributed by atoms with Gasteiger partial charge >= 0.3 is 0 Å². The zero-order valence-corrected chi connectivity index (χ0v) is 12.6. The van der Waals surface area contributed by atoms with Crippen molar-refractivity contribution in [2.45, 2.75) is 33.8 Å². The maximum absolute atomic E-state index is 9.51. The molecule has 1 atom stereocenters. The Labute approximate surface area is 123 Å². The smallest absolute Gasteiger partial charge is 0.258 e. The van der Waals surface area contributed by atoms with Crippen LogP contribution in [0.2, 0.25) is 0 Å². The minimum absolute atomic E-state index is 0.0677. The van der Waals surface area contributed by atoms with Gasteiger partial charge in [0.2, 0.25) is 5.82 Å². The third kappa shape index (κ3) is 3.52. The summed E-state index contributed by atoms with van der Waals surface area (Å²) in [4.78, 5) is 4.32. The van der Waals surface area contributed by atoms with Gasteiger partial charge in [0.1, 0.15) is 17.6 Å². The summed E-state index contributed by atoms with van der Waals surface area (Å²) in [5, 5.41) is 23.0. The Hall–Kier alpha value is -2.08. The summed E-state index contributed by atoms with van der Waals surface area (Å²) in [6.45, 7) is 8.54. The lowest BCUT2D eigenvalue weighted by molar-refractivity contribution is -0.0203. The van der Waals surface area contributed by atoms with E-state index in [4.69, 9.17) is 9.26 Å². The van der Waals surface area contributed by atoms with Gasteiger partial charge in [0, 0.05) is 18.2 Å². The highest BCUT2D eigenvalue weighted by Crippen LogP contribution is 2.36. The van der Waals surface area contributed by atoms with E-state index in [1.165, 1.54) is 18.2 Å². The minimum atomic E-state index is -0.300. The molecular weight excluding hydrogens is 272 g/mol. The molecule has 0 radical (unpaired) electrons. The SMILES string of the molecule is CCOC(c1noc(-c2cc(O)cc(O)c2)n1)C(C)(C)C. The van der Waals surface area contributed by atoms with Gasteiger partial charge in [0.15, 0.2) is 0 Å². The average Bonchev–Trinajstić information content (AvgIpc) is 2.82. The zero-order chi connectivity index (χ0) is 15.6. The van der Waals surface area contributed by atoms with Crippen LogP contribution in [0.1, 0.15) is 39.6 Å². The molecule has 2 rings (SSSR count). The van der Waals surface area contributed by atoms with Crippen molar-refractivity contribution in [3.8, 4) is 23.0 Å². The third-order valence-electron chi connectivity index (χ3n) is 2.95. The van der Waals surface area contributed by atoms with Gasteiger partial charge < -0.3 is 19.5 Å². The molecule has 114 valence electrons. The van der Waals surface area contributed by atoms with E-state index < -0.39 is 0 Å². The molecular formula is C15H20N2O4. The summed E-state index contributed by atoms with van der Waals surface area (Å²) >= 11 is 0. The first-order chi connectivity index (χ1) is 9.81. The Morgan fingerprint density at radius 2 is 1.81 bits per heavy atom. The van der Waals surface area contributed by atoms with Crippen LogP contribution in [0.15, 0.2) is 22.7 Å². The molecule has 0 fully saturated rings. The Bertz CT molecular complexity index is 596. The van der Waals surface area contributed by atoms with E-state index in [-0.39, 0.29) is 28.9 Å². The molecule has 6 heteroatoms. The molecule has 2 aromatic rings. The van der Waals surface area contributed by atoms with Crippen molar-refractivity contribution in [1.29, 1.82) is 0 Å². The molecule has 0 bridgehead atoms. The van der Waals surface area contributed by atoms with E-state index >= 15 is 0 Å². The van der Waals surface area contributed by atoms with E-state index in [0.717, 1.165) is 0 Å². The first-order valence-electron chi connectivity index (χ1n) is 6.80. The number of aromatic hydroxyl groups is 2. The van der Waals surface area contributed by atoms with Crippen molar-refractivity contribution in [2.24, 2.45) is 5.41 Å². The molecule has 1 heterocycles. The second-order valence-corrected chi connectivity index (χ2v) is 5.90. The van der Waals surface area contributed by atoms with Gasteiger partial charge in [0.05, 0.1) is 0 Å². The molecule has 21 heavy (non-hydrogen) atoms. The maximum atomic E-state index is 9.51. The lowest BCUT2D eigenvalue weighted by Crippen LogP contribution is -2.22. The van der Waals surface area contributed by atoms with E-state index in [1.807, 2.05) is 27.7 Å². The Morgan fingerprint density at radius 1 is 1.19 bits per heavy atom. The van der Waals surface area contributed by atoms with E-state index in [9.17, 15) is 10.2 Å². The molecule has 0 saturated carbocycles. The predicted molar refractivity (Wildman–Crippen MR) is 76.9 cm³/mol. The van der Waals surface area contributed by atoms with Crippen molar-refractivity contribution in [3.63, 3.8) is 0 Å². The summed E-state index contributed by atoms with van der Waals surface area (Å²) in [6.07, 6.45) is -0.300. The normalized spacial score (nSPS) is 13.3. The van der Waals surface area contributed by atoms with E-state index in [1.54, 1.807) is 0 Å². The predicted octanol–water partition coefficient (Wildman–Crippen LogP) is 3.27. The standard InChI is InChI=1S/C15H20N2O4/c1-5-20-12(15(2,3)4)13-16-14(21-17-13)9-6-10(18)8-11(19)7-9/h6-8,12,18-19H,5H2,1-4H3. The van der Waals surface area contributed by atoms with Crippen LogP contribution in [-0.2, 0) is 4.74 Å². The fraction of sp³-hybridized carbons (Fsp3) is 0.467. The van der Waals surface area contributed by atoms with Crippen LogP contribution in [0.5, 0.6) is 11.5 Å². The Balaban J connectivity index is 2.36. The van der Waals surface area contributed by atoms with Gasteiger partial charge in [-0.3, -0.25) is 0 Å². The monoisotopic (exact) mass is 292 g/mol. The number of hydrogen-bond donors (Lipinski definition) is 2. The zero-order valence-electron chi connectivity index (χ0n) is 12.6. The molecule has 2 N–H and O–H groups in total. The van der Waals surface area contributed by atoms with Gasteiger partial charge in [-0.2, -0.15) is 4.98 Å². The van der Waals surface area contributed by atoms with Gasteiger partial charge in [-0.05, 0) is 24.5 Å². The highest BCUT2D eigenvalue weighted by molar-refractivity contribution is 5.58. The molecule has 1 unspecified atom stereocenters. The molecule has 0 amide bonds. The van der Waals surface area contributed by atoms with E-state index in [0.29, 0.717) is 18.0 Å². The molecule has 0 saturated heterocycles. The first kappa shape index (κ1) is 15.3. The molecule has 6 nitrogen and oxygen atoms in total. The van der Waals surface area contributed by atoms with Crippen LogP contribution in [-0.4, -0.2) is 27.0 Å². The summed E-state index contributed by atoms with van der Waals surface area (Å²) in [6, 6.07) is 4.13. The van der Waals surface area contributed by atoms with Crippen LogP contribution < -0.4 is 0 Å².